The van der Waals surface area contributed by atoms with Crippen LogP contribution in [0.25, 0.3) is 116 Å². The summed E-state index contributed by atoms with van der Waals surface area (Å²) in [5, 5.41) is 9.73. The van der Waals surface area contributed by atoms with Crippen LogP contribution in [0.4, 0.5) is 0 Å². The zero-order chi connectivity index (χ0) is 35.8. The largest absolute Gasteiger partial charge is 0.455 e. The highest BCUT2D eigenvalue weighted by atomic mass is 16.3. The van der Waals surface area contributed by atoms with Crippen LogP contribution in [-0.4, -0.2) is 9.13 Å². The molecule has 2 aliphatic carbocycles. The molecule has 0 amide bonds. The summed E-state index contributed by atoms with van der Waals surface area (Å²) in [6.07, 6.45) is 9.09. The van der Waals surface area contributed by atoms with E-state index in [1.54, 1.807) is 0 Å². The second kappa shape index (κ2) is 10.7. The van der Waals surface area contributed by atoms with E-state index in [4.69, 9.17) is 4.42 Å². The lowest BCUT2D eigenvalue weighted by Crippen LogP contribution is -1.97. The molecule has 0 N–H and O–H groups in total. The van der Waals surface area contributed by atoms with E-state index < -0.39 is 0 Å². The number of allylic oxidation sites excluding steroid dienone is 4. The Morgan fingerprint density at radius 3 is 2.09 bits per heavy atom. The number of fused-ring (bicyclic) bond motifs is 14. The van der Waals surface area contributed by atoms with Crippen molar-refractivity contribution in [2.24, 2.45) is 0 Å². The molecule has 0 fully saturated rings. The third-order valence-electron chi connectivity index (χ3n) is 12.2. The molecule has 256 valence electrons. The normalized spacial score (nSPS) is 13.7. The highest BCUT2D eigenvalue weighted by molar-refractivity contribution is 6.31. The summed E-state index contributed by atoms with van der Waals surface area (Å²) in [6, 6.07) is 56.0. The molecule has 0 unspecified atom stereocenters. The van der Waals surface area contributed by atoms with Crippen LogP contribution in [-0.2, 0) is 0 Å². The summed E-state index contributed by atoms with van der Waals surface area (Å²) < 4.78 is 11.7. The van der Waals surface area contributed by atoms with E-state index >= 15 is 0 Å². The lowest BCUT2D eigenvalue weighted by Gasteiger charge is -2.13. The molecule has 0 spiro atoms. The van der Waals surface area contributed by atoms with Gasteiger partial charge in [0.15, 0.2) is 0 Å². The smallest absolute Gasteiger partial charge is 0.145 e. The van der Waals surface area contributed by atoms with E-state index in [0.29, 0.717) is 0 Å². The van der Waals surface area contributed by atoms with Crippen molar-refractivity contribution in [3.05, 3.63) is 175 Å². The molecule has 0 atom stereocenters. The van der Waals surface area contributed by atoms with E-state index in [1.807, 2.05) is 0 Å². The van der Waals surface area contributed by atoms with Gasteiger partial charge in [0.2, 0.25) is 0 Å². The average molecular weight is 701 g/mol. The van der Waals surface area contributed by atoms with Crippen LogP contribution in [0.15, 0.2) is 174 Å². The van der Waals surface area contributed by atoms with Gasteiger partial charge in [0, 0.05) is 38.3 Å². The highest BCUT2D eigenvalue weighted by Crippen LogP contribution is 2.49. The summed E-state index contributed by atoms with van der Waals surface area (Å²) in [5.41, 5.74) is 16.6. The van der Waals surface area contributed by atoms with Crippen molar-refractivity contribution >= 4 is 81.9 Å². The minimum atomic E-state index is 0.913. The van der Waals surface area contributed by atoms with E-state index in [2.05, 4.69) is 179 Å². The van der Waals surface area contributed by atoms with Gasteiger partial charge in [0.1, 0.15) is 11.2 Å². The molecule has 0 saturated carbocycles. The molecule has 55 heavy (non-hydrogen) atoms. The Hall–Kier alpha value is -7.10. The van der Waals surface area contributed by atoms with Crippen LogP contribution in [0, 0.1) is 0 Å². The van der Waals surface area contributed by atoms with Gasteiger partial charge in [0.05, 0.1) is 27.5 Å². The van der Waals surface area contributed by atoms with Gasteiger partial charge in [0.25, 0.3) is 0 Å². The molecule has 13 rings (SSSR count). The quantitative estimate of drug-likeness (QED) is 0.180. The molecule has 0 aliphatic heterocycles. The number of para-hydroxylation sites is 2. The van der Waals surface area contributed by atoms with Crippen LogP contribution in [0.5, 0.6) is 0 Å². The minimum Gasteiger partial charge on any atom is -0.455 e. The van der Waals surface area contributed by atoms with Gasteiger partial charge in [-0.05, 0) is 118 Å². The number of hydrogen-bond acceptors (Lipinski definition) is 1. The topological polar surface area (TPSA) is 23.0 Å². The van der Waals surface area contributed by atoms with Gasteiger partial charge in [-0.25, -0.2) is 0 Å². The van der Waals surface area contributed by atoms with Gasteiger partial charge >= 0.3 is 0 Å². The molecule has 2 aliphatic rings. The van der Waals surface area contributed by atoms with Crippen LogP contribution < -0.4 is 0 Å². The van der Waals surface area contributed by atoms with Crippen LogP contribution >= 0.6 is 0 Å². The van der Waals surface area contributed by atoms with Gasteiger partial charge in [-0.1, -0.05) is 109 Å². The Morgan fingerprint density at radius 2 is 1.22 bits per heavy atom. The van der Waals surface area contributed by atoms with Crippen molar-refractivity contribution in [3.63, 3.8) is 0 Å². The van der Waals surface area contributed by atoms with Crippen molar-refractivity contribution in [1.82, 2.24) is 9.13 Å². The second-order valence-electron chi connectivity index (χ2n) is 15.1. The molecular weight excluding hydrogens is 669 g/mol. The maximum atomic E-state index is 6.77. The van der Waals surface area contributed by atoms with Crippen molar-refractivity contribution in [3.8, 4) is 33.6 Å². The zero-order valence-electron chi connectivity index (χ0n) is 29.9. The molecule has 3 nitrogen and oxygen atoms in total. The fourth-order valence-corrected chi connectivity index (χ4v) is 9.94. The Morgan fingerprint density at radius 1 is 0.455 bits per heavy atom. The molecule has 3 heteroatoms. The molecular formula is C52H32N2O. The van der Waals surface area contributed by atoms with Gasteiger partial charge in [-0.2, -0.15) is 0 Å². The summed E-state index contributed by atoms with van der Waals surface area (Å²) in [7, 11) is 0. The minimum absolute atomic E-state index is 0.913. The van der Waals surface area contributed by atoms with E-state index in [0.717, 1.165) is 57.1 Å². The molecule has 3 heterocycles. The van der Waals surface area contributed by atoms with Crippen molar-refractivity contribution in [2.45, 2.75) is 12.8 Å². The maximum Gasteiger partial charge on any atom is 0.145 e. The summed E-state index contributed by atoms with van der Waals surface area (Å²) in [4.78, 5) is 0. The fourth-order valence-electron chi connectivity index (χ4n) is 9.94. The molecule has 0 radical (unpaired) electrons. The number of rotatable bonds is 3. The first-order valence-electron chi connectivity index (χ1n) is 19.3. The molecule has 11 aromatic rings. The van der Waals surface area contributed by atoms with Crippen molar-refractivity contribution in [1.29, 1.82) is 0 Å². The molecule has 0 bridgehead atoms. The third-order valence-corrected chi connectivity index (χ3v) is 12.2. The van der Waals surface area contributed by atoms with Crippen molar-refractivity contribution < 1.29 is 4.42 Å². The lowest BCUT2D eigenvalue weighted by atomic mass is 9.99. The summed E-state index contributed by atoms with van der Waals surface area (Å²) in [5.74, 6) is 0. The van der Waals surface area contributed by atoms with E-state index in [9.17, 15) is 0 Å². The first-order chi connectivity index (χ1) is 27.3. The maximum absolute atomic E-state index is 6.77. The second-order valence-corrected chi connectivity index (χ2v) is 15.1. The van der Waals surface area contributed by atoms with Crippen LogP contribution in [0.2, 0.25) is 0 Å². The number of benzene rings is 8. The highest BCUT2D eigenvalue weighted by Gasteiger charge is 2.26. The standard InChI is InChI=1S/C52H32N2O/c1-2-11-31(12-3-1)33-15-8-16-34(29-33)54-46-27-25-40-37-17-5-7-22-47(37)55-52(40)50(46)42-26-28-45-49(51(42)54)41-18-4-6-21-44(41)53(45)35-23-24-36-38-19-9-13-32-14-10-20-39(48(32)38)43(36)30-35/h2,4-30H,1,3H2. The van der Waals surface area contributed by atoms with Gasteiger partial charge in [-0.15, -0.1) is 0 Å². The van der Waals surface area contributed by atoms with Gasteiger partial charge in [-0.3, -0.25) is 0 Å². The lowest BCUT2D eigenvalue weighted by molar-refractivity contribution is 0.673. The predicted molar refractivity (Wildman–Crippen MR) is 231 cm³/mol. The summed E-state index contributed by atoms with van der Waals surface area (Å²) in [6.45, 7) is 0. The predicted octanol–water partition coefficient (Wildman–Crippen LogP) is 14.3. The zero-order valence-corrected chi connectivity index (χ0v) is 29.9. The number of hydrogen-bond donors (Lipinski definition) is 0. The number of furan rings is 1. The Balaban J connectivity index is 1.16. The van der Waals surface area contributed by atoms with Crippen LogP contribution in [0.3, 0.4) is 0 Å². The SMILES string of the molecule is C1=CC(c2cccc(-n3c4ccc5c6ccccc6oc5c4c4ccc5c(c6ccccc6n5-c5ccc6c(c5)-c5cccc7cccc-6c57)c43)c2)=CCC1. The first-order valence-corrected chi connectivity index (χ1v) is 19.3. The Labute approximate surface area is 316 Å². The first kappa shape index (κ1) is 29.4. The van der Waals surface area contributed by atoms with Crippen LogP contribution in [0.1, 0.15) is 18.4 Å². The molecule has 0 saturated heterocycles. The van der Waals surface area contributed by atoms with E-state index in [-0.39, 0.29) is 0 Å². The van der Waals surface area contributed by atoms with E-state index in [1.165, 1.54) is 76.9 Å². The average Bonchev–Trinajstić information content (AvgIpc) is 3.98. The Bertz CT molecular complexity index is 3540. The molecule has 3 aromatic heterocycles. The Kier molecular flexibility index (Phi) is 5.74. The van der Waals surface area contributed by atoms with Gasteiger partial charge < -0.3 is 13.6 Å². The fraction of sp³-hybridized carbons (Fsp3) is 0.0385. The number of aromatic nitrogens is 2. The molecule has 8 aromatic carbocycles. The monoisotopic (exact) mass is 700 g/mol. The number of nitrogens with zero attached hydrogens (tertiary/aromatic N) is 2. The summed E-state index contributed by atoms with van der Waals surface area (Å²) >= 11 is 0. The third kappa shape index (κ3) is 3.89. The van der Waals surface area contributed by atoms with Crippen molar-refractivity contribution in [2.75, 3.05) is 0 Å².